The van der Waals surface area contributed by atoms with Crippen molar-refractivity contribution in [3.63, 3.8) is 0 Å². The molecule has 51 heavy (non-hydrogen) atoms. The number of nitrogens with zero attached hydrogens (tertiary/aromatic N) is 2. The van der Waals surface area contributed by atoms with Crippen molar-refractivity contribution < 1.29 is 0 Å². The summed E-state index contributed by atoms with van der Waals surface area (Å²) in [6, 6.07) is 66.2. The van der Waals surface area contributed by atoms with Crippen molar-refractivity contribution in [2.75, 3.05) is 0 Å². The summed E-state index contributed by atoms with van der Waals surface area (Å²) in [7, 11) is -2.85. The summed E-state index contributed by atoms with van der Waals surface area (Å²) in [6.07, 6.45) is 9.98. The zero-order valence-corrected chi connectivity index (χ0v) is 29.2. The molecular formula is C48H36N2Si. The van der Waals surface area contributed by atoms with E-state index in [4.69, 9.17) is 0 Å². The van der Waals surface area contributed by atoms with E-state index in [0.29, 0.717) is 0 Å². The second kappa shape index (κ2) is 12.0. The molecule has 3 heteroatoms. The average molecular weight is 669 g/mol. The van der Waals surface area contributed by atoms with Crippen molar-refractivity contribution in [3.8, 4) is 5.69 Å². The number of aromatic nitrogens is 2. The van der Waals surface area contributed by atoms with Gasteiger partial charge in [0.05, 0.1) is 17.1 Å². The Balaban J connectivity index is 1.31. The van der Waals surface area contributed by atoms with E-state index in [-0.39, 0.29) is 6.04 Å². The summed E-state index contributed by atoms with van der Waals surface area (Å²) in [5, 5.41) is 10.7. The second-order valence-corrected chi connectivity index (χ2v) is 17.4. The molecule has 0 amide bonds. The molecule has 1 atom stereocenters. The minimum atomic E-state index is -2.85. The van der Waals surface area contributed by atoms with Crippen LogP contribution in [0, 0.1) is 0 Å². The van der Waals surface area contributed by atoms with Crippen LogP contribution < -0.4 is 20.7 Å². The van der Waals surface area contributed by atoms with Crippen LogP contribution in [0.5, 0.6) is 0 Å². The lowest BCUT2D eigenvalue weighted by Gasteiger charge is -2.34. The number of allylic oxidation sites excluding steroid dienone is 4. The van der Waals surface area contributed by atoms with E-state index in [1.807, 2.05) is 0 Å². The maximum Gasteiger partial charge on any atom is 0.179 e. The number of para-hydroxylation sites is 3. The molecule has 242 valence electrons. The van der Waals surface area contributed by atoms with Gasteiger partial charge in [-0.2, -0.15) is 0 Å². The van der Waals surface area contributed by atoms with Crippen molar-refractivity contribution in [1.82, 2.24) is 9.13 Å². The number of fused-ring (bicyclic) bond motifs is 6. The van der Waals surface area contributed by atoms with Gasteiger partial charge >= 0.3 is 0 Å². The van der Waals surface area contributed by atoms with Crippen molar-refractivity contribution >= 4 is 72.4 Å². The fraction of sp³-hybridized carbons (Fsp3) is 0.0417. The van der Waals surface area contributed by atoms with Gasteiger partial charge in [0.1, 0.15) is 0 Å². The van der Waals surface area contributed by atoms with Crippen LogP contribution in [0.25, 0.3) is 49.3 Å². The second-order valence-electron chi connectivity index (χ2n) is 13.6. The van der Waals surface area contributed by atoms with Gasteiger partial charge in [-0.25, -0.2) is 0 Å². The van der Waals surface area contributed by atoms with E-state index < -0.39 is 8.07 Å². The summed E-state index contributed by atoms with van der Waals surface area (Å²) in [5.74, 6) is 0. The molecule has 0 aliphatic heterocycles. The topological polar surface area (TPSA) is 9.86 Å². The van der Waals surface area contributed by atoms with Gasteiger partial charge in [-0.15, -0.1) is 0 Å². The fourth-order valence-electron chi connectivity index (χ4n) is 8.79. The van der Waals surface area contributed by atoms with Crippen LogP contribution in [0.1, 0.15) is 12.5 Å². The molecule has 0 spiro atoms. The Morgan fingerprint density at radius 1 is 0.412 bits per heavy atom. The first-order valence-electron chi connectivity index (χ1n) is 17.9. The van der Waals surface area contributed by atoms with Crippen LogP contribution in [-0.4, -0.2) is 17.2 Å². The van der Waals surface area contributed by atoms with Gasteiger partial charge in [0.2, 0.25) is 0 Å². The van der Waals surface area contributed by atoms with Gasteiger partial charge in [-0.05, 0) is 63.6 Å². The lowest BCUT2D eigenvalue weighted by Crippen LogP contribution is -2.74. The molecule has 7 aromatic carbocycles. The zero-order valence-electron chi connectivity index (χ0n) is 28.2. The van der Waals surface area contributed by atoms with E-state index in [2.05, 4.69) is 209 Å². The number of benzene rings is 7. The van der Waals surface area contributed by atoms with Crippen LogP contribution in [-0.2, 0) is 0 Å². The first-order chi connectivity index (χ1) is 25.3. The predicted octanol–water partition coefficient (Wildman–Crippen LogP) is 9.33. The van der Waals surface area contributed by atoms with E-state index >= 15 is 0 Å². The third kappa shape index (κ3) is 4.55. The molecule has 9 aromatic rings. The highest BCUT2D eigenvalue weighted by molar-refractivity contribution is 7.20. The van der Waals surface area contributed by atoms with Crippen LogP contribution in [0.2, 0.25) is 0 Å². The van der Waals surface area contributed by atoms with E-state index in [9.17, 15) is 0 Å². The van der Waals surface area contributed by atoms with Crippen molar-refractivity contribution in [1.29, 1.82) is 0 Å². The molecule has 1 unspecified atom stereocenters. The summed E-state index contributed by atoms with van der Waals surface area (Å²) in [5.41, 5.74) is 6.20. The standard InChI is InChI=1S/C48H36N2Si/c1-5-17-35(18-6-1)49-45-27-15-13-25-41(45)43-33-39(29-31-47(43)49)51(37-21-9-3-10-22-37,38-23-11-4-12-24-38)40-30-32-48-44(34-40)42-26-14-16-28-46(42)50(48)36-19-7-2-8-20-36/h1-19,21-34,36H,20H2. The monoisotopic (exact) mass is 668 g/mol. The number of hydrogen-bond donors (Lipinski definition) is 0. The Morgan fingerprint density at radius 2 is 0.902 bits per heavy atom. The minimum absolute atomic E-state index is 0.290. The molecule has 0 saturated carbocycles. The van der Waals surface area contributed by atoms with Gasteiger partial charge in [0.15, 0.2) is 8.07 Å². The fourth-order valence-corrected chi connectivity index (χ4v) is 13.6. The van der Waals surface area contributed by atoms with Gasteiger partial charge in [-0.3, -0.25) is 0 Å². The third-order valence-electron chi connectivity index (χ3n) is 11.0. The lowest BCUT2D eigenvalue weighted by atomic mass is 10.1. The molecule has 0 N–H and O–H groups in total. The molecule has 1 aliphatic rings. The van der Waals surface area contributed by atoms with Gasteiger partial charge < -0.3 is 9.13 Å². The van der Waals surface area contributed by atoms with Gasteiger partial charge in [0, 0.05) is 38.3 Å². The minimum Gasteiger partial charge on any atom is -0.333 e. The SMILES string of the molecule is C1=CCC(n2c3ccccc3c3cc([Si](c4ccccc4)(c4ccccc4)c4ccc5c(c4)c4ccccc4n5-c4ccccc4)ccc32)C=C1. The predicted molar refractivity (Wildman–Crippen MR) is 219 cm³/mol. The van der Waals surface area contributed by atoms with E-state index in [1.165, 1.54) is 70.0 Å². The lowest BCUT2D eigenvalue weighted by molar-refractivity contribution is 0.648. The quantitative estimate of drug-likeness (QED) is 0.124. The molecule has 2 heterocycles. The number of hydrogen-bond acceptors (Lipinski definition) is 0. The first kappa shape index (κ1) is 29.7. The normalized spacial score (nSPS) is 14.6. The highest BCUT2D eigenvalue weighted by Crippen LogP contribution is 2.35. The van der Waals surface area contributed by atoms with Crippen molar-refractivity contribution in [2.45, 2.75) is 12.5 Å². The molecule has 0 bridgehead atoms. The largest absolute Gasteiger partial charge is 0.333 e. The number of rotatable bonds is 6. The molecule has 2 aromatic heterocycles. The molecule has 0 saturated heterocycles. The Morgan fingerprint density at radius 3 is 1.53 bits per heavy atom. The maximum atomic E-state index is 2.55. The molecule has 1 aliphatic carbocycles. The van der Waals surface area contributed by atoms with Crippen LogP contribution >= 0.6 is 0 Å². The zero-order chi connectivity index (χ0) is 33.8. The van der Waals surface area contributed by atoms with E-state index in [1.54, 1.807) is 0 Å². The molecule has 0 fully saturated rings. The van der Waals surface area contributed by atoms with Gasteiger partial charge in [0.25, 0.3) is 0 Å². The Bertz CT molecular complexity index is 2730. The van der Waals surface area contributed by atoms with E-state index in [0.717, 1.165) is 6.42 Å². The van der Waals surface area contributed by atoms with Crippen LogP contribution in [0.3, 0.4) is 0 Å². The Hall–Kier alpha value is -6.16. The summed E-state index contributed by atoms with van der Waals surface area (Å²) in [4.78, 5) is 0. The molecular weight excluding hydrogens is 633 g/mol. The maximum absolute atomic E-state index is 2.85. The van der Waals surface area contributed by atoms with Crippen molar-refractivity contribution in [2.24, 2.45) is 0 Å². The van der Waals surface area contributed by atoms with Gasteiger partial charge in [-0.1, -0.05) is 164 Å². The van der Waals surface area contributed by atoms with Crippen LogP contribution in [0.15, 0.2) is 200 Å². The highest BCUT2D eigenvalue weighted by atomic mass is 28.3. The smallest absolute Gasteiger partial charge is 0.179 e. The first-order valence-corrected chi connectivity index (χ1v) is 19.9. The Kier molecular flexibility index (Phi) is 7.00. The molecule has 0 radical (unpaired) electrons. The summed E-state index contributed by atoms with van der Waals surface area (Å²) < 4.78 is 4.96. The molecule has 2 nitrogen and oxygen atoms in total. The average Bonchev–Trinajstić information content (AvgIpc) is 3.72. The third-order valence-corrected chi connectivity index (χ3v) is 15.7. The Labute approximate surface area is 298 Å². The van der Waals surface area contributed by atoms with Crippen LogP contribution in [0.4, 0.5) is 0 Å². The summed E-state index contributed by atoms with van der Waals surface area (Å²) in [6.45, 7) is 0. The highest BCUT2D eigenvalue weighted by Gasteiger charge is 2.42. The summed E-state index contributed by atoms with van der Waals surface area (Å²) >= 11 is 0. The van der Waals surface area contributed by atoms with Crippen molar-refractivity contribution in [3.05, 3.63) is 200 Å². The molecule has 10 rings (SSSR count).